The van der Waals surface area contributed by atoms with Crippen molar-refractivity contribution in [2.75, 3.05) is 31.6 Å². The Labute approximate surface area is 196 Å². The molecule has 1 heterocycles. The summed E-state index contributed by atoms with van der Waals surface area (Å²) < 4.78 is 65.4. The maximum absolute atomic E-state index is 12.8. The van der Waals surface area contributed by atoms with Gasteiger partial charge in [-0.3, -0.25) is 0 Å². The maximum atomic E-state index is 12.8. The molecule has 3 rings (SSSR count). The topological polar surface area (TPSA) is 91.2 Å². The summed E-state index contributed by atoms with van der Waals surface area (Å²) >= 11 is 0. The molecule has 0 atom stereocenters. The molecule has 1 fully saturated rings. The molecule has 0 aromatic heterocycles. The number of rotatable bonds is 8. The number of aliphatic hydroxyl groups is 1. The summed E-state index contributed by atoms with van der Waals surface area (Å²) in [6, 6.07) is 11.1. The van der Waals surface area contributed by atoms with Crippen LogP contribution in [0.1, 0.15) is 24.0 Å². The molecule has 0 unspecified atom stereocenters. The Balaban J connectivity index is 0.00000385. The van der Waals surface area contributed by atoms with E-state index in [1.165, 1.54) is 28.6 Å². The van der Waals surface area contributed by atoms with Crippen molar-refractivity contribution in [2.24, 2.45) is 5.16 Å². The monoisotopic (exact) mass is 507 g/mol. The molecule has 0 amide bonds. The number of oxime groups is 1. The molecule has 0 spiro atoms. The van der Waals surface area contributed by atoms with E-state index in [4.69, 9.17) is 9.94 Å². The number of sulfonamides is 1. The molecule has 0 aliphatic carbocycles. The van der Waals surface area contributed by atoms with Gasteiger partial charge in [0.15, 0.2) is 0 Å². The fourth-order valence-corrected chi connectivity index (χ4v) is 4.65. The molecule has 2 aromatic rings. The number of alkyl halides is 3. The molecular weight excluding hydrogens is 483 g/mol. The zero-order chi connectivity index (χ0) is 23.2. The highest BCUT2D eigenvalue weighted by molar-refractivity contribution is 7.89. The van der Waals surface area contributed by atoms with Gasteiger partial charge >= 0.3 is 6.18 Å². The maximum Gasteiger partial charge on any atom is 0.416 e. The average Bonchev–Trinajstić information content (AvgIpc) is 2.78. The second-order valence-electron chi connectivity index (χ2n) is 7.21. The van der Waals surface area contributed by atoms with Crippen LogP contribution in [0.4, 0.5) is 18.9 Å². The van der Waals surface area contributed by atoms with Gasteiger partial charge in [0, 0.05) is 38.2 Å². The Morgan fingerprint density at radius 1 is 1.09 bits per heavy atom. The zero-order valence-electron chi connectivity index (χ0n) is 17.6. The highest BCUT2D eigenvalue weighted by Gasteiger charge is 2.30. The molecular formula is C21H25ClF3N3O4S. The molecule has 33 heavy (non-hydrogen) atoms. The fourth-order valence-electron chi connectivity index (χ4n) is 3.21. The first-order chi connectivity index (χ1) is 15.2. The van der Waals surface area contributed by atoms with Crippen LogP contribution in [0.2, 0.25) is 0 Å². The van der Waals surface area contributed by atoms with Crippen molar-refractivity contribution in [3.8, 4) is 0 Å². The number of halogens is 4. The van der Waals surface area contributed by atoms with Crippen molar-refractivity contribution >= 4 is 33.8 Å². The van der Waals surface area contributed by atoms with Crippen LogP contribution < -0.4 is 5.32 Å². The van der Waals surface area contributed by atoms with Gasteiger partial charge in [-0.05, 0) is 42.0 Å². The van der Waals surface area contributed by atoms with Crippen molar-refractivity contribution in [1.82, 2.24) is 4.31 Å². The van der Waals surface area contributed by atoms with Gasteiger partial charge in [-0.2, -0.15) is 17.5 Å². The summed E-state index contributed by atoms with van der Waals surface area (Å²) in [7, 11) is -3.65. The summed E-state index contributed by atoms with van der Waals surface area (Å²) in [6.07, 6.45) is -3.67. The van der Waals surface area contributed by atoms with Gasteiger partial charge in [0.25, 0.3) is 0 Å². The van der Waals surface area contributed by atoms with Crippen molar-refractivity contribution < 1.29 is 31.5 Å². The van der Waals surface area contributed by atoms with Crippen LogP contribution in [0.5, 0.6) is 0 Å². The molecule has 1 aliphatic rings. The summed E-state index contributed by atoms with van der Waals surface area (Å²) in [4.78, 5) is 5.38. The predicted octanol–water partition coefficient (Wildman–Crippen LogP) is 3.89. The molecule has 0 saturated carbocycles. The Hall–Kier alpha value is -2.34. The molecule has 0 radical (unpaired) electrons. The molecule has 182 valence electrons. The molecule has 0 bridgehead atoms. The van der Waals surface area contributed by atoms with Gasteiger partial charge in [-0.1, -0.05) is 17.3 Å². The van der Waals surface area contributed by atoms with Crippen LogP contribution in [-0.4, -0.2) is 49.8 Å². The summed E-state index contributed by atoms with van der Waals surface area (Å²) in [5.74, 6) is 0. The second-order valence-corrected chi connectivity index (χ2v) is 9.15. The quantitative estimate of drug-likeness (QED) is 0.529. The van der Waals surface area contributed by atoms with Crippen LogP contribution in [0.25, 0.3) is 0 Å². The van der Waals surface area contributed by atoms with Gasteiger partial charge in [-0.15, -0.1) is 12.4 Å². The lowest BCUT2D eigenvalue weighted by molar-refractivity contribution is -0.137. The van der Waals surface area contributed by atoms with Gasteiger partial charge in [-0.25, -0.2) is 8.42 Å². The Morgan fingerprint density at radius 2 is 1.76 bits per heavy atom. The number of nitrogens with zero attached hydrogens (tertiary/aromatic N) is 2. The first kappa shape index (κ1) is 26.9. The summed E-state index contributed by atoms with van der Waals surface area (Å²) in [6.45, 7) is 0.709. The number of benzene rings is 2. The lowest BCUT2D eigenvalue weighted by Crippen LogP contribution is -2.38. The molecule has 2 aromatic carbocycles. The van der Waals surface area contributed by atoms with Gasteiger partial charge < -0.3 is 15.3 Å². The van der Waals surface area contributed by atoms with Crippen LogP contribution in [0, 0.1) is 0 Å². The molecule has 12 heteroatoms. The van der Waals surface area contributed by atoms with E-state index in [1.54, 1.807) is 12.1 Å². The summed E-state index contributed by atoms with van der Waals surface area (Å²) in [5.41, 5.74) is 0.971. The third kappa shape index (κ3) is 7.32. The minimum Gasteiger partial charge on any atom is -0.395 e. The van der Waals surface area contributed by atoms with E-state index < -0.39 is 21.8 Å². The number of hydrogen-bond acceptors (Lipinski definition) is 6. The second kappa shape index (κ2) is 11.7. The zero-order valence-corrected chi connectivity index (χ0v) is 19.2. The van der Waals surface area contributed by atoms with Gasteiger partial charge in [0.1, 0.15) is 6.61 Å². The van der Waals surface area contributed by atoms with Crippen molar-refractivity contribution in [1.29, 1.82) is 0 Å². The van der Waals surface area contributed by atoms with Crippen LogP contribution in [-0.2, 0) is 27.6 Å². The summed E-state index contributed by atoms with van der Waals surface area (Å²) in [5, 5.41) is 15.8. The number of nitrogens with one attached hydrogen (secondary N) is 1. The highest BCUT2D eigenvalue weighted by atomic mass is 35.5. The first-order valence-electron chi connectivity index (χ1n) is 9.99. The van der Waals surface area contributed by atoms with E-state index in [0.717, 1.165) is 12.1 Å². The standard InChI is InChI=1S/C21H24F3N3O4S.ClH/c22-21(23,24)17-3-1-2-16(14-17)15-31-26-19-8-11-27(12-9-19)32(29,30)20-6-4-18(5-7-20)25-10-13-28;/h1-7,14,25,28H,8-13,15H2;1H. The SMILES string of the molecule is Cl.O=S(=O)(c1ccc(NCCO)cc1)N1CCC(=NOCc2cccc(C(F)(F)F)c2)CC1. The van der Waals surface area contributed by atoms with E-state index in [2.05, 4.69) is 10.5 Å². The molecule has 2 N–H and O–H groups in total. The largest absolute Gasteiger partial charge is 0.416 e. The molecule has 1 saturated heterocycles. The average molecular weight is 508 g/mol. The molecule has 7 nitrogen and oxygen atoms in total. The smallest absolute Gasteiger partial charge is 0.395 e. The molecule has 1 aliphatic heterocycles. The minimum atomic E-state index is -4.42. The first-order valence-corrected chi connectivity index (χ1v) is 11.4. The van der Waals surface area contributed by atoms with Gasteiger partial charge in [0.2, 0.25) is 10.0 Å². The predicted molar refractivity (Wildman–Crippen MR) is 121 cm³/mol. The number of anilines is 1. The van der Waals surface area contributed by atoms with Crippen LogP contribution >= 0.6 is 12.4 Å². The third-order valence-electron chi connectivity index (χ3n) is 4.91. The Bertz CT molecular complexity index is 1040. The van der Waals surface area contributed by atoms with E-state index in [9.17, 15) is 21.6 Å². The van der Waals surface area contributed by atoms with E-state index >= 15 is 0 Å². The fraction of sp³-hybridized carbons (Fsp3) is 0.381. The third-order valence-corrected chi connectivity index (χ3v) is 6.82. The normalized spacial score (nSPS) is 15.0. The van der Waals surface area contributed by atoms with Gasteiger partial charge in [0.05, 0.1) is 22.8 Å². The lowest BCUT2D eigenvalue weighted by Gasteiger charge is -2.26. The van der Waals surface area contributed by atoms with Crippen molar-refractivity contribution in [3.63, 3.8) is 0 Å². The Kier molecular flexibility index (Phi) is 9.53. The van der Waals surface area contributed by atoms with Crippen LogP contribution in [0.3, 0.4) is 0 Å². The van der Waals surface area contributed by atoms with E-state index in [-0.39, 0.29) is 43.6 Å². The number of piperidine rings is 1. The highest BCUT2D eigenvalue weighted by Crippen LogP contribution is 2.29. The van der Waals surface area contributed by atoms with Crippen molar-refractivity contribution in [3.05, 3.63) is 59.7 Å². The lowest BCUT2D eigenvalue weighted by atomic mass is 10.1. The number of hydrogen-bond donors (Lipinski definition) is 2. The van der Waals surface area contributed by atoms with E-state index in [1.807, 2.05) is 0 Å². The number of aliphatic hydroxyl groups excluding tert-OH is 1. The Morgan fingerprint density at radius 3 is 2.36 bits per heavy atom. The van der Waals surface area contributed by atoms with E-state index in [0.29, 0.717) is 36.3 Å². The van der Waals surface area contributed by atoms with Crippen molar-refractivity contribution in [2.45, 2.75) is 30.5 Å². The minimum absolute atomic E-state index is 0. The van der Waals surface area contributed by atoms with Crippen LogP contribution in [0.15, 0.2) is 58.6 Å².